The van der Waals surface area contributed by atoms with Crippen LogP contribution in [0.4, 0.5) is 16.6 Å². The zero-order chi connectivity index (χ0) is 24.2. The first-order chi connectivity index (χ1) is 16.3. The van der Waals surface area contributed by atoms with Crippen LogP contribution < -0.4 is 10.6 Å². The Morgan fingerprint density at radius 3 is 2.65 bits per heavy atom. The van der Waals surface area contributed by atoms with Gasteiger partial charge in [0.2, 0.25) is 5.91 Å². The lowest BCUT2D eigenvalue weighted by Gasteiger charge is -2.34. The van der Waals surface area contributed by atoms with Gasteiger partial charge in [0.05, 0.1) is 11.9 Å². The average Bonchev–Trinajstić information content (AvgIpc) is 3.49. The van der Waals surface area contributed by atoms with Crippen LogP contribution >= 0.6 is 11.3 Å². The second-order valence-corrected chi connectivity index (χ2v) is 9.25. The van der Waals surface area contributed by atoms with Crippen molar-refractivity contribution in [3.05, 3.63) is 46.6 Å². The van der Waals surface area contributed by atoms with E-state index in [1.807, 2.05) is 11.8 Å². The van der Waals surface area contributed by atoms with Gasteiger partial charge in [-0.2, -0.15) is 5.10 Å². The summed E-state index contributed by atoms with van der Waals surface area (Å²) in [5, 5.41) is 20.8. The maximum Gasteiger partial charge on any atom is 0.267 e. The number of likely N-dealkylation sites (N-methyl/N-ethyl adjacent to an activating group) is 1. The Morgan fingerprint density at radius 2 is 1.91 bits per heavy atom. The van der Waals surface area contributed by atoms with E-state index in [-0.39, 0.29) is 24.1 Å². The molecule has 1 fully saturated rings. The Hall–Kier alpha value is -3.44. The van der Waals surface area contributed by atoms with Gasteiger partial charge in [-0.25, -0.2) is 4.98 Å². The van der Waals surface area contributed by atoms with E-state index in [4.69, 9.17) is 0 Å². The van der Waals surface area contributed by atoms with Crippen LogP contribution in [0.15, 0.2) is 30.6 Å². The molecule has 0 aliphatic carbocycles. The molecule has 3 N–H and O–H groups in total. The largest absolute Gasteiger partial charge is 0.508 e. The van der Waals surface area contributed by atoms with E-state index in [9.17, 15) is 14.7 Å². The summed E-state index contributed by atoms with van der Waals surface area (Å²) >= 11 is 1.19. The van der Waals surface area contributed by atoms with Crippen LogP contribution in [0.3, 0.4) is 0 Å². The predicted molar refractivity (Wildman–Crippen MR) is 132 cm³/mol. The number of phenols is 1. The van der Waals surface area contributed by atoms with E-state index in [0.717, 1.165) is 38.3 Å². The van der Waals surface area contributed by atoms with Crippen LogP contribution in [0.2, 0.25) is 0 Å². The normalized spacial score (nSPS) is 14.3. The van der Waals surface area contributed by atoms with Gasteiger partial charge in [0.1, 0.15) is 17.2 Å². The third-order valence-electron chi connectivity index (χ3n) is 5.96. The molecule has 1 aromatic carbocycles. The number of carbonyl (C=O) groups excluding carboxylic acids is 2. The lowest BCUT2D eigenvalue weighted by molar-refractivity contribution is -0.133. The first kappa shape index (κ1) is 23.7. The van der Waals surface area contributed by atoms with Crippen LogP contribution in [0.25, 0.3) is 0 Å². The second-order valence-electron chi connectivity index (χ2n) is 8.22. The fraction of sp³-hybridized carbons (Fsp3) is 0.391. The first-order valence-corrected chi connectivity index (χ1v) is 12.0. The molecule has 3 aromatic rings. The molecular weight excluding hydrogens is 454 g/mol. The minimum atomic E-state index is -0.304. The molecule has 2 amide bonds. The second kappa shape index (κ2) is 10.2. The Labute approximate surface area is 202 Å². The van der Waals surface area contributed by atoms with Gasteiger partial charge in [-0.15, -0.1) is 0 Å². The summed E-state index contributed by atoms with van der Waals surface area (Å²) in [6.07, 6.45) is 3.24. The number of carbonyl (C=O) groups is 2. The van der Waals surface area contributed by atoms with Crippen LogP contribution in [-0.4, -0.2) is 74.2 Å². The Kier molecular flexibility index (Phi) is 7.13. The van der Waals surface area contributed by atoms with Crippen LogP contribution in [-0.2, 0) is 11.3 Å². The molecule has 11 heteroatoms. The van der Waals surface area contributed by atoms with E-state index >= 15 is 0 Å². The lowest BCUT2D eigenvalue weighted by atomic mass is 10.1. The first-order valence-electron chi connectivity index (χ1n) is 11.2. The van der Waals surface area contributed by atoms with E-state index < -0.39 is 0 Å². The number of thiazole rings is 1. The van der Waals surface area contributed by atoms with Gasteiger partial charge in [0.25, 0.3) is 5.91 Å². The molecule has 0 saturated carbocycles. The average molecular weight is 484 g/mol. The number of aryl methyl sites for hydroxylation is 1. The van der Waals surface area contributed by atoms with Crippen molar-refractivity contribution in [3.8, 4) is 5.75 Å². The highest BCUT2D eigenvalue weighted by atomic mass is 32.1. The molecule has 3 heterocycles. The number of rotatable bonds is 7. The minimum absolute atomic E-state index is 0.0520. The number of phenolic OH excluding ortho intramolecular Hbond substituents is 1. The van der Waals surface area contributed by atoms with Gasteiger partial charge in [-0.1, -0.05) is 24.3 Å². The molecule has 2 aromatic heterocycles. The number of piperazine rings is 1. The van der Waals surface area contributed by atoms with Crippen molar-refractivity contribution in [3.63, 3.8) is 0 Å². The van der Waals surface area contributed by atoms with Crippen molar-refractivity contribution < 1.29 is 14.7 Å². The van der Waals surface area contributed by atoms with Crippen LogP contribution in [0, 0.1) is 13.8 Å². The standard InChI is InChI=1S/C23H29N7O3S/c1-4-28-9-11-29(12-10-28)20(32)14-30-8-7-19(27-30)25-23-24-13-18(34-23)22(33)26-21-15(2)5-6-17(31)16(21)3/h5-8,13,31H,4,9-12,14H2,1-3H3,(H,26,33)(H,24,25,27). The number of aromatic nitrogens is 3. The zero-order valence-electron chi connectivity index (χ0n) is 19.5. The molecule has 1 saturated heterocycles. The van der Waals surface area contributed by atoms with Gasteiger partial charge in [0, 0.05) is 44.0 Å². The number of hydrogen-bond acceptors (Lipinski definition) is 8. The number of aromatic hydroxyl groups is 1. The highest BCUT2D eigenvalue weighted by molar-refractivity contribution is 7.17. The van der Waals surface area contributed by atoms with Gasteiger partial charge < -0.3 is 25.5 Å². The van der Waals surface area contributed by atoms with Crippen molar-refractivity contribution in [2.24, 2.45) is 0 Å². The van der Waals surface area contributed by atoms with Crippen LogP contribution in [0.1, 0.15) is 27.7 Å². The minimum Gasteiger partial charge on any atom is -0.508 e. The molecule has 180 valence electrons. The number of nitrogens with one attached hydrogen (secondary N) is 2. The number of benzene rings is 1. The summed E-state index contributed by atoms with van der Waals surface area (Å²) in [7, 11) is 0. The van der Waals surface area contributed by atoms with E-state index in [1.54, 1.807) is 36.0 Å². The number of nitrogens with zero attached hydrogens (tertiary/aromatic N) is 5. The third kappa shape index (κ3) is 5.37. The van der Waals surface area contributed by atoms with Crippen molar-refractivity contribution >= 4 is 39.8 Å². The Morgan fingerprint density at radius 1 is 1.15 bits per heavy atom. The predicted octanol–water partition coefficient (Wildman–Crippen LogP) is 2.82. The summed E-state index contributed by atoms with van der Waals surface area (Å²) in [6.45, 7) is 10.2. The molecule has 10 nitrogen and oxygen atoms in total. The van der Waals surface area contributed by atoms with Crippen molar-refractivity contribution in [2.75, 3.05) is 43.4 Å². The highest BCUT2D eigenvalue weighted by Gasteiger charge is 2.21. The number of amides is 2. The smallest absolute Gasteiger partial charge is 0.267 e. The molecule has 0 radical (unpaired) electrons. The fourth-order valence-electron chi connectivity index (χ4n) is 3.82. The van der Waals surface area contributed by atoms with Crippen molar-refractivity contribution in [1.82, 2.24) is 24.6 Å². The fourth-order valence-corrected chi connectivity index (χ4v) is 4.54. The van der Waals surface area contributed by atoms with Gasteiger partial charge in [0.15, 0.2) is 10.9 Å². The Balaban J connectivity index is 1.34. The van der Waals surface area contributed by atoms with Gasteiger partial charge in [-0.3, -0.25) is 14.3 Å². The molecule has 1 aliphatic rings. The highest BCUT2D eigenvalue weighted by Crippen LogP contribution is 2.29. The van der Waals surface area contributed by atoms with Crippen molar-refractivity contribution in [1.29, 1.82) is 0 Å². The molecule has 1 aliphatic heterocycles. The third-order valence-corrected chi connectivity index (χ3v) is 6.87. The topological polar surface area (TPSA) is 116 Å². The molecule has 0 atom stereocenters. The lowest BCUT2D eigenvalue weighted by Crippen LogP contribution is -2.49. The zero-order valence-corrected chi connectivity index (χ0v) is 20.4. The summed E-state index contributed by atoms with van der Waals surface area (Å²) in [6, 6.07) is 5.13. The molecule has 0 spiro atoms. The monoisotopic (exact) mass is 483 g/mol. The van der Waals surface area contributed by atoms with E-state index in [2.05, 4.69) is 32.5 Å². The van der Waals surface area contributed by atoms with E-state index in [1.165, 1.54) is 17.5 Å². The summed E-state index contributed by atoms with van der Waals surface area (Å²) in [4.78, 5) is 34.2. The summed E-state index contributed by atoms with van der Waals surface area (Å²) in [5.74, 6) is 0.423. The number of anilines is 3. The molecule has 4 rings (SSSR count). The quantitative estimate of drug-likeness (QED) is 0.473. The maximum absolute atomic E-state index is 12.7. The number of hydrogen-bond donors (Lipinski definition) is 3. The maximum atomic E-state index is 12.7. The van der Waals surface area contributed by atoms with Crippen molar-refractivity contribution in [2.45, 2.75) is 27.3 Å². The van der Waals surface area contributed by atoms with Crippen LogP contribution in [0.5, 0.6) is 5.75 Å². The molecule has 0 unspecified atom stereocenters. The van der Waals surface area contributed by atoms with E-state index in [0.29, 0.717) is 27.1 Å². The Bertz CT molecular complexity index is 1180. The summed E-state index contributed by atoms with van der Waals surface area (Å²) in [5.41, 5.74) is 2.06. The molecular formula is C23H29N7O3S. The molecule has 0 bridgehead atoms. The molecule has 34 heavy (non-hydrogen) atoms. The SMILES string of the molecule is CCN1CCN(C(=O)Cn2ccc(Nc3ncc(C(=O)Nc4c(C)ccc(O)c4C)s3)n2)CC1. The van der Waals surface area contributed by atoms with Gasteiger partial charge in [-0.05, 0) is 32.0 Å². The summed E-state index contributed by atoms with van der Waals surface area (Å²) < 4.78 is 1.60. The van der Waals surface area contributed by atoms with Gasteiger partial charge >= 0.3 is 0 Å².